The van der Waals surface area contributed by atoms with E-state index in [9.17, 15) is 43.2 Å². The monoisotopic (exact) mass is 650 g/mol. The number of aryl methyl sites for hydroxylation is 1. The van der Waals surface area contributed by atoms with Crippen molar-refractivity contribution < 1.29 is 51.9 Å². The highest BCUT2D eigenvalue weighted by molar-refractivity contribution is 7.88. The van der Waals surface area contributed by atoms with Crippen LogP contribution in [0.3, 0.4) is 0 Å². The summed E-state index contributed by atoms with van der Waals surface area (Å²) in [6.45, 7) is 2.09. The average Bonchev–Trinajstić information content (AvgIpc) is 2.93. The third-order valence-electron chi connectivity index (χ3n) is 8.43. The van der Waals surface area contributed by atoms with Gasteiger partial charge in [-0.05, 0) is 67.1 Å². The first-order valence-electron chi connectivity index (χ1n) is 14.7. The highest BCUT2D eigenvalue weighted by Crippen LogP contribution is 2.52. The summed E-state index contributed by atoms with van der Waals surface area (Å²) >= 11 is 0. The SMILES string of the molecule is CCCCCCCc1cc(C2CCCCC2)c(OS(=O)(=O)C(F)(F)C(F)(F)C(F)(F)S(=O)(=O)O)c(C2CCCCC2)c1. The molecule has 0 heterocycles. The number of halogens is 6. The van der Waals surface area contributed by atoms with Crippen LogP contribution < -0.4 is 4.18 Å². The van der Waals surface area contributed by atoms with Crippen LogP contribution in [-0.2, 0) is 26.7 Å². The van der Waals surface area contributed by atoms with Crippen molar-refractivity contribution in [3.8, 4) is 5.75 Å². The summed E-state index contributed by atoms with van der Waals surface area (Å²) in [5, 5.41) is -13.5. The Hall–Kier alpha value is -1.54. The van der Waals surface area contributed by atoms with Gasteiger partial charge in [0, 0.05) is 0 Å². The lowest BCUT2D eigenvalue weighted by Crippen LogP contribution is -2.61. The first-order chi connectivity index (χ1) is 19.5. The molecular weight excluding hydrogens is 610 g/mol. The minimum absolute atomic E-state index is 0.255. The van der Waals surface area contributed by atoms with Gasteiger partial charge in [-0.1, -0.05) is 83.3 Å². The molecule has 42 heavy (non-hydrogen) atoms. The standard InChI is InChI=1S/C28H40F6O6S2/c1-2-3-4-5-8-13-20-18-23(21-14-9-6-10-15-21)25(24(19-20)22-16-11-7-12-17-22)40-42(38,39)28(33,34)26(29,30)27(31,32)41(35,36)37/h18-19,21-22H,2-17H2,1H3,(H,35,36,37). The number of hydrogen-bond acceptors (Lipinski definition) is 5. The summed E-state index contributed by atoms with van der Waals surface area (Å²) in [5.41, 5.74) is 1.34. The molecule has 0 radical (unpaired) electrons. The van der Waals surface area contributed by atoms with Crippen molar-refractivity contribution in [2.75, 3.05) is 0 Å². The fourth-order valence-electron chi connectivity index (χ4n) is 6.00. The first kappa shape index (κ1) is 34.9. The number of hydrogen-bond donors (Lipinski definition) is 1. The second-order valence-electron chi connectivity index (χ2n) is 11.6. The van der Waals surface area contributed by atoms with Gasteiger partial charge in [-0.15, -0.1) is 0 Å². The fourth-order valence-corrected chi connectivity index (χ4v) is 7.47. The largest absolute Gasteiger partial charge is 0.450 e. The van der Waals surface area contributed by atoms with E-state index in [0.29, 0.717) is 32.1 Å². The van der Waals surface area contributed by atoms with Gasteiger partial charge in [-0.3, -0.25) is 4.55 Å². The maximum atomic E-state index is 14.9. The summed E-state index contributed by atoms with van der Waals surface area (Å²) in [5.74, 6) is -8.28. The van der Waals surface area contributed by atoms with E-state index in [-0.39, 0.29) is 23.0 Å². The number of unbranched alkanes of at least 4 members (excludes halogenated alkanes) is 4. The Labute approximate surface area is 244 Å². The normalized spacial score (nSPS) is 18.8. The quantitative estimate of drug-likeness (QED) is 0.0936. The fraction of sp³-hybridized carbons (Fsp3) is 0.786. The molecule has 0 bridgehead atoms. The lowest BCUT2D eigenvalue weighted by atomic mass is 9.78. The molecule has 1 aromatic rings. The molecule has 0 amide bonds. The Morgan fingerprint density at radius 2 is 1.19 bits per heavy atom. The van der Waals surface area contributed by atoms with E-state index in [0.717, 1.165) is 76.2 Å². The smallest absolute Gasteiger partial charge is 0.377 e. The van der Waals surface area contributed by atoms with Crippen molar-refractivity contribution >= 4 is 20.2 Å². The van der Waals surface area contributed by atoms with Crippen LogP contribution in [-0.4, -0.2) is 37.8 Å². The van der Waals surface area contributed by atoms with E-state index in [1.165, 1.54) is 0 Å². The van der Waals surface area contributed by atoms with Gasteiger partial charge in [0.15, 0.2) is 0 Å². The average molecular weight is 651 g/mol. The summed E-state index contributed by atoms with van der Waals surface area (Å²) in [6, 6.07) is 3.30. The second-order valence-corrected chi connectivity index (χ2v) is 14.6. The molecule has 2 fully saturated rings. The highest BCUT2D eigenvalue weighted by atomic mass is 32.2. The maximum absolute atomic E-state index is 14.9. The van der Waals surface area contributed by atoms with Gasteiger partial charge in [0.2, 0.25) is 0 Å². The van der Waals surface area contributed by atoms with Crippen LogP contribution in [0.15, 0.2) is 12.1 Å². The van der Waals surface area contributed by atoms with Gasteiger partial charge in [-0.25, -0.2) is 0 Å². The zero-order valence-electron chi connectivity index (χ0n) is 23.7. The molecule has 0 atom stereocenters. The van der Waals surface area contributed by atoms with E-state index in [4.69, 9.17) is 8.74 Å². The van der Waals surface area contributed by atoms with Crippen LogP contribution in [0.4, 0.5) is 26.3 Å². The van der Waals surface area contributed by atoms with Gasteiger partial charge >= 0.3 is 36.7 Å². The molecular formula is C28H40F6O6S2. The number of benzene rings is 1. The zero-order valence-corrected chi connectivity index (χ0v) is 25.3. The second kappa shape index (κ2) is 13.6. The molecule has 6 nitrogen and oxygen atoms in total. The third-order valence-corrected chi connectivity index (χ3v) is 10.6. The molecule has 0 spiro atoms. The highest BCUT2D eigenvalue weighted by Gasteiger charge is 2.83. The minimum atomic E-state index is -7.13. The predicted octanol–water partition coefficient (Wildman–Crippen LogP) is 8.71. The Bertz CT molecular complexity index is 1230. The Morgan fingerprint density at radius 1 is 0.738 bits per heavy atom. The third kappa shape index (κ3) is 7.22. The molecule has 242 valence electrons. The first-order valence-corrected chi connectivity index (χ1v) is 17.5. The van der Waals surface area contributed by atoms with Crippen molar-refractivity contribution in [2.24, 2.45) is 0 Å². The Morgan fingerprint density at radius 3 is 1.62 bits per heavy atom. The van der Waals surface area contributed by atoms with E-state index in [1.807, 2.05) is 0 Å². The van der Waals surface area contributed by atoms with Crippen molar-refractivity contribution in [3.63, 3.8) is 0 Å². The zero-order chi connectivity index (χ0) is 31.4. The van der Waals surface area contributed by atoms with Crippen LogP contribution in [0.1, 0.15) is 132 Å². The van der Waals surface area contributed by atoms with Gasteiger partial charge in [0.25, 0.3) is 0 Å². The predicted molar refractivity (Wildman–Crippen MR) is 146 cm³/mol. The van der Waals surface area contributed by atoms with Crippen LogP contribution in [0.25, 0.3) is 0 Å². The van der Waals surface area contributed by atoms with Crippen molar-refractivity contribution in [1.29, 1.82) is 0 Å². The molecule has 2 saturated carbocycles. The summed E-state index contributed by atoms with van der Waals surface area (Å²) in [6.07, 6.45) is 12.6. The summed E-state index contributed by atoms with van der Waals surface area (Å²) in [7, 11) is -14.0. The van der Waals surface area contributed by atoms with Crippen molar-refractivity contribution in [3.05, 3.63) is 28.8 Å². The van der Waals surface area contributed by atoms with Gasteiger partial charge in [0.05, 0.1) is 0 Å². The molecule has 1 N–H and O–H groups in total. The van der Waals surface area contributed by atoms with Crippen LogP contribution in [0, 0.1) is 0 Å². The van der Waals surface area contributed by atoms with Crippen molar-refractivity contribution in [1.82, 2.24) is 0 Å². The molecule has 14 heteroatoms. The minimum Gasteiger partial charge on any atom is -0.377 e. The lowest BCUT2D eigenvalue weighted by Gasteiger charge is -2.32. The molecule has 2 aliphatic rings. The molecule has 0 saturated heterocycles. The van der Waals surface area contributed by atoms with Crippen LogP contribution >= 0.6 is 0 Å². The summed E-state index contributed by atoms with van der Waals surface area (Å²) < 4.78 is 147. The van der Waals surface area contributed by atoms with Crippen LogP contribution in [0.2, 0.25) is 0 Å². The summed E-state index contributed by atoms with van der Waals surface area (Å²) in [4.78, 5) is 0. The van der Waals surface area contributed by atoms with E-state index >= 15 is 0 Å². The molecule has 0 aliphatic heterocycles. The molecule has 1 aromatic carbocycles. The number of rotatable bonds is 14. The number of alkyl halides is 6. The topological polar surface area (TPSA) is 97.7 Å². The Balaban J connectivity index is 2.13. The van der Waals surface area contributed by atoms with Gasteiger partial charge in [0.1, 0.15) is 5.75 Å². The van der Waals surface area contributed by atoms with E-state index in [2.05, 4.69) is 6.92 Å². The lowest BCUT2D eigenvalue weighted by molar-refractivity contribution is -0.247. The molecule has 0 aromatic heterocycles. The van der Waals surface area contributed by atoms with E-state index in [1.54, 1.807) is 12.1 Å². The van der Waals surface area contributed by atoms with Crippen molar-refractivity contribution in [2.45, 2.75) is 138 Å². The maximum Gasteiger partial charge on any atom is 0.450 e. The molecule has 0 unspecified atom stereocenters. The van der Waals surface area contributed by atoms with Gasteiger partial charge in [-0.2, -0.15) is 43.2 Å². The Kier molecular flexibility index (Phi) is 11.3. The molecule has 2 aliphatic carbocycles. The van der Waals surface area contributed by atoms with Crippen LogP contribution in [0.5, 0.6) is 5.75 Å². The van der Waals surface area contributed by atoms with Gasteiger partial charge < -0.3 is 4.18 Å². The van der Waals surface area contributed by atoms with E-state index < -0.39 is 42.4 Å². The molecule has 3 rings (SSSR count).